The minimum Gasteiger partial charge on any atom is -0.392 e. The Balaban J connectivity index is 2.08. The number of pyridine rings is 1. The van der Waals surface area contributed by atoms with Crippen LogP contribution in [0, 0.1) is 6.92 Å². The number of nitrogens with zero attached hydrogens (tertiary/aromatic N) is 3. The van der Waals surface area contributed by atoms with Gasteiger partial charge in [0.25, 0.3) is 0 Å². The SMILES string of the molecule is Cc1cc(Cn2nc(C(C)(C)C)oc2=O)c2ccccc2n1. The zero-order chi connectivity index (χ0) is 15.9. The zero-order valence-electron chi connectivity index (χ0n) is 13.3. The third kappa shape index (κ3) is 2.66. The largest absolute Gasteiger partial charge is 0.437 e. The van der Waals surface area contributed by atoms with Gasteiger partial charge in [0, 0.05) is 16.5 Å². The molecule has 1 aromatic carbocycles. The molecule has 0 N–H and O–H groups in total. The van der Waals surface area contributed by atoms with E-state index in [4.69, 9.17) is 4.42 Å². The Bertz CT molecular complexity index is 885. The zero-order valence-corrected chi connectivity index (χ0v) is 13.3. The monoisotopic (exact) mass is 297 g/mol. The summed E-state index contributed by atoms with van der Waals surface area (Å²) in [5.41, 5.74) is 2.56. The van der Waals surface area contributed by atoms with Gasteiger partial charge in [0.2, 0.25) is 5.89 Å². The van der Waals surface area contributed by atoms with Gasteiger partial charge >= 0.3 is 5.76 Å². The van der Waals surface area contributed by atoms with Crippen molar-refractivity contribution in [3.63, 3.8) is 0 Å². The summed E-state index contributed by atoms with van der Waals surface area (Å²) in [6.45, 7) is 8.22. The molecule has 0 unspecified atom stereocenters. The average Bonchev–Trinajstić information content (AvgIpc) is 2.80. The molecule has 0 fully saturated rings. The van der Waals surface area contributed by atoms with Gasteiger partial charge in [-0.3, -0.25) is 4.98 Å². The van der Waals surface area contributed by atoms with Crippen LogP contribution in [0.2, 0.25) is 0 Å². The van der Waals surface area contributed by atoms with E-state index in [1.165, 1.54) is 4.68 Å². The number of aryl methyl sites for hydroxylation is 1. The van der Waals surface area contributed by atoms with Crippen LogP contribution in [0.1, 0.15) is 37.9 Å². The molecule has 0 amide bonds. The number of benzene rings is 1. The molecule has 0 atom stereocenters. The van der Waals surface area contributed by atoms with E-state index in [9.17, 15) is 4.79 Å². The number of hydrogen-bond donors (Lipinski definition) is 0. The van der Waals surface area contributed by atoms with Gasteiger partial charge in [-0.2, -0.15) is 4.68 Å². The third-order valence-corrected chi connectivity index (χ3v) is 3.50. The lowest BCUT2D eigenvalue weighted by Crippen LogP contribution is -2.17. The Labute approximate surface area is 128 Å². The molecule has 0 saturated carbocycles. The highest BCUT2D eigenvalue weighted by Crippen LogP contribution is 2.20. The molecule has 3 rings (SSSR count). The second kappa shape index (κ2) is 5.09. The normalized spacial score (nSPS) is 12.0. The molecule has 0 bridgehead atoms. The standard InChI is InChI=1S/C17H19N3O2/c1-11-9-12(13-7-5-6-8-14(13)18-11)10-20-16(21)22-15(19-20)17(2,3)4/h5-9H,10H2,1-4H3. The minimum absolute atomic E-state index is 0.291. The first-order chi connectivity index (χ1) is 10.3. The van der Waals surface area contributed by atoms with Crippen molar-refractivity contribution in [3.8, 4) is 0 Å². The fourth-order valence-electron chi connectivity index (χ4n) is 2.40. The quantitative estimate of drug-likeness (QED) is 0.729. The number of rotatable bonds is 2. The smallest absolute Gasteiger partial charge is 0.392 e. The molecule has 3 aromatic rings. The Hall–Kier alpha value is -2.43. The van der Waals surface area contributed by atoms with Crippen molar-refractivity contribution >= 4 is 10.9 Å². The Morgan fingerprint density at radius 3 is 2.64 bits per heavy atom. The molecule has 2 aromatic heterocycles. The summed E-state index contributed by atoms with van der Waals surface area (Å²) in [7, 11) is 0. The highest BCUT2D eigenvalue weighted by Gasteiger charge is 2.22. The fourth-order valence-corrected chi connectivity index (χ4v) is 2.40. The summed E-state index contributed by atoms with van der Waals surface area (Å²) in [6, 6.07) is 9.89. The predicted molar refractivity (Wildman–Crippen MR) is 85.0 cm³/mol. The van der Waals surface area contributed by atoms with E-state index in [0.29, 0.717) is 12.4 Å². The molecule has 114 valence electrons. The van der Waals surface area contributed by atoms with Gasteiger partial charge < -0.3 is 4.42 Å². The highest BCUT2D eigenvalue weighted by atomic mass is 16.4. The number of para-hydroxylation sites is 1. The van der Waals surface area contributed by atoms with Crippen LogP contribution in [-0.2, 0) is 12.0 Å². The van der Waals surface area contributed by atoms with Crippen molar-refractivity contribution in [1.29, 1.82) is 0 Å². The van der Waals surface area contributed by atoms with Crippen molar-refractivity contribution in [2.45, 2.75) is 39.7 Å². The maximum Gasteiger partial charge on any atom is 0.437 e. The lowest BCUT2D eigenvalue weighted by atomic mass is 9.97. The first-order valence-corrected chi connectivity index (χ1v) is 7.28. The van der Waals surface area contributed by atoms with E-state index in [2.05, 4.69) is 10.1 Å². The second-order valence-electron chi connectivity index (χ2n) is 6.52. The molecule has 0 spiro atoms. The highest BCUT2D eigenvalue weighted by molar-refractivity contribution is 5.82. The number of fused-ring (bicyclic) bond motifs is 1. The predicted octanol–water partition coefficient (Wildman–Crippen LogP) is 3.04. The van der Waals surface area contributed by atoms with E-state index in [1.54, 1.807) is 0 Å². The lowest BCUT2D eigenvalue weighted by Gasteiger charge is -2.11. The van der Waals surface area contributed by atoms with E-state index < -0.39 is 5.76 Å². The van der Waals surface area contributed by atoms with E-state index in [-0.39, 0.29) is 5.41 Å². The molecule has 22 heavy (non-hydrogen) atoms. The van der Waals surface area contributed by atoms with E-state index in [1.807, 2.05) is 58.0 Å². The van der Waals surface area contributed by atoms with Crippen LogP contribution < -0.4 is 5.76 Å². The molecule has 0 aliphatic heterocycles. The van der Waals surface area contributed by atoms with Gasteiger partial charge in [0.05, 0.1) is 12.1 Å². The van der Waals surface area contributed by atoms with Gasteiger partial charge in [-0.05, 0) is 24.6 Å². The third-order valence-electron chi connectivity index (χ3n) is 3.50. The Kier molecular flexibility index (Phi) is 3.35. The van der Waals surface area contributed by atoms with Gasteiger partial charge in [-0.1, -0.05) is 39.0 Å². The summed E-state index contributed by atoms with van der Waals surface area (Å²) in [5.74, 6) is 0.0241. The second-order valence-corrected chi connectivity index (χ2v) is 6.52. The molecule has 0 saturated heterocycles. The van der Waals surface area contributed by atoms with Crippen LogP contribution in [0.25, 0.3) is 10.9 Å². The molecule has 5 heteroatoms. The average molecular weight is 297 g/mol. The van der Waals surface area contributed by atoms with Crippen molar-refractivity contribution in [2.24, 2.45) is 0 Å². The number of hydrogen-bond acceptors (Lipinski definition) is 4. The Morgan fingerprint density at radius 2 is 1.95 bits per heavy atom. The van der Waals surface area contributed by atoms with Crippen LogP contribution in [0.4, 0.5) is 0 Å². The van der Waals surface area contributed by atoms with Crippen LogP contribution in [0.15, 0.2) is 39.5 Å². The topological polar surface area (TPSA) is 60.9 Å². The molecule has 0 aliphatic rings. The van der Waals surface area contributed by atoms with Crippen LogP contribution in [0.3, 0.4) is 0 Å². The molecular weight excluding hydrogens is 278 g/mol. The van der Waals surface area contributed by atoms with Gasteiger partial charge in [0.15, 0.2) is 0 Å². The summed E-state index contributed by atoms with van der Waals surface area (Å²) in [6.07, 6.45) is 0. The molecular formula is C17H19N3O2. The Morgan fingerprint density at radius 1 is 1.23 bits per heavy atom. The number of aromatic nitrogens is 3. The van der Waals surface area contributed by atoms with Crippen molar-refractivity contribution in [1.82, 2.24) is 14.8 Å². The van der Waals surface area contributed by atoms with Gasteiger partial charge in [-0.25, -0.2) is 4.79 Å². The molecule has 0 radical (unpaired) electrons. The first-order valence-electron chi connectivity index (χ1n) is 7.28. The molecule has 2 heterocycles. The summed E-state index contributed by atoms with van der Waals surface area (Å²) in [4.78, 5) is 16.5. The molecule has 5 nitrogen and oxygen atoms in total. The first kappa shape index (κ1) is 14.5. The fraction of sp³-hybridized carbons (Fsp3) is 0.353. The van der Waals surface area contributed by atoms with Gasteiger partial charge in [-0.15, -0.1) is 5.10 Å². The van der Waals surface area contributed by atoms with E-state index >= 15 is 0 Å². The van der Waals surface area contributed by atoms with Crippen LogP contribution in [0.5, 0.6) is 0 Å². The van der Waals surface area contributed by atoms with E-state index in [0.717, 1.165) is 22.2 Å². The summed E-state index contributed by atoms with van der Waals surface area (Å²) < 4.78 is 6.65. The maximum absolute atomic E-state index is 12.0. The summed E-state index contributed by atoms with van der Waals surface area (Å²) >= 11 is 0. The van der Waals surface area contributed by atoms with Crippen molar-refractivity contribution in [3.05, 3.63) is 58.0 Å². The van der Waals surface area contributed by atoms with Crippen molar-refractivity contribution < 1.29 is 4.42 Å². The van der Waals surface area contributed by atoms with Gasteiger partial charge in [0.1, 0.15) is 0 Å². The minimum atomic E-state index is -0.427. The summed E-state index contributed by atoms with van der Waals surface area (Å²) in [5, 5.41) is 5.36. The lowest BCUT2D eigenvalue weighted by molar-refractivity contribution is 0.374. The van der Waals surface area contributed by atoms with Crippen molar-refractivity contribution in [2.75, 3.05) is 0 Å². The molecule has 0 aliphatic carbocycles. The van der Waals surface area contributed by atoms with Crippen LogP contribution >= 0.6 is 0 Å². The van der Waals surface area contributed by atoms with Crippen LogP contribution in [-0.4, -0.2) is 14.8 Å². The maximum atomic E-state index is 12.0.